The third-order valence-corrected chi connectivity index (χ3v) is 4.91. The number of halogens is 3. The van der Waals surface area contributed by atoms with Crippen LogP contribution in [0.25, 0.3) is 0 Å². The lowest BCUT2D eigenvalue weighted by Gasteiger charge is -2.25. The average molecular weight is 328 g/mol. The second-order valence-electron chi connectivity index (χ2n) is 6.81. The van der Waals surface area contributed by atoms with Gasteiger partial charge in [-0.3, -0.25) is 0 Å². The van der Waals surface area contributed by atoms with E-state index in [2.05, 4.69) is 4.74 Å². The van der Waals surface area contributed by atoms with E-state index >= 15 is 0 Å². The molecule has 5 heteroatoms. The zero-order valence-electron chi connectivity index (χ0n) is 13.4. The van der Waals surface area contributed by atoms with E-state index in [1.807, 2.05) is 6.07 Å². The van der Waals surface area contributed by atoms with Gasteiger partial charge in [0.15, 0.2) is 11.5 Å². The molecule has 2 fully saturated rings. The monoisotopic (exact) mass is 328 g/mol. The summed E-state index contributed by atoms with van der Waals surface area (Å²) in [5.74, 6) is 1.32. The highest BCUT2D eigenvalue weighted by Crippen LogP contribution is 2.41. The normalized spacial score (nSPS) is 18.6. The number of rotatable bonds is 7. The number of ether oxygens (including phenoxy) is 2. The molecule has 0 atom stereocenters. The van der Waals surface area contributed by atoms with E-state index in [9.17, 15) is 13.2 Å². The van der Waals surface area contributed by atoms with E-state index in [4.69, 9.17) is 4.74 Å². The van der Waals surface area contributed by atoms with Crippen LogP contribution in [0.3, 0.4) is 0 Å². The highest BCUT2D eigenvalue weighted by atomic mass is 19.4. The first-order valence-electron chi connectivity index (χ1n) is 8.43. The largest absolute Gasteiger partial charge is 0.573 e. The Morgan fingerprint density at radius 2 is 1.83 bits per heavy atom. The lowest BCUT2D eigenvalue weighted by molar-refractivity contribution is -0.275. The van der Waals surface area contributed by atoms with Gasteiger partial charge in [0.1, 0.15) is 0 Å². The Morgan fingerprint density at radius 3 is 2.39 bits per heavy atom. The maximum Gasteiger partial charge on any atom is 0.573 e. The summed E-state index contributed by atoms with van der Waals surface area (Å²) in [4.78, 5) is 0. The molecule has 0 aliphatic heterocycles. The fraction of sp³-hybridized carbons (Fsp3) is 0.667. The maximum absolute atomic E-state index is 12.7. The first-order valence-corrected chi connectivity index (χ1v) is 8.43. The highest BCUT2D eigenvalue weighted by molar-refractivity contribution is 5.50. The number of benzene rings is 1. The van der Waals surface area contributed by atoms with Gasteiger partial charge in [-0.15, -0.1) is 13.2 Å². The Kier molecular flexibility index (Phi) is 4.74. The Morgan fingerprint density at radius 1 is 1.09 bits per heavy atom. The summed E-state index contributed by atoms with van der Waals surface area (Å²) in [7, 11) is 0. The van der Waals surface area contributed by atoms with Crippen LogP contribution in [0.15, 0.2) is 12.1 Å². The van der Waals surface area contributed by atoms with Crippen LogP contribution < -0.4 is 9.47 Å². The number of hydrogen-bond acceptors (Lipinski definition) is 2. The van der Waals surface area contributed by atoms with Crippen LogP contribution in [0.1, 0.15) is 49.7 Å². The highest BCUT2D eigenvalue weighted by Gasteiger charge is 2.34. The Bertz CT molecular complexity index is 546. The molecule has 0 aromatic heterocycles. The minimum atomic E-state index is -4.70. The van der Waals surface area contributed by atoms with Gasteiger partial charge in [-0.05, 0) is 61.6 Å². The first kappa shape index (κ1) is 16.5. The molecule has 0 radical (unpaired) electrons. The Labute approximate surface area is 135 Å². The molecule has 0 saturated heterocycles. The molecule has 2 saturated carbocycles. The van der Waals surface area contributed by atoms with Gasteiger partial charge in [0.05, 0.1) is 6.61 Å². The van der Waals surface area contributed by atoms with Crippen molar-refractivity contribution in [3.8, 4) is 11.5 Å². The van der Waals surface area contributed by atoms with Crippen LogP contribution >= 0.6 is 0 Å². The van der Waals surface area contributed by atoms with Gasteiger partial charge in [0.25, 0.3) is 0 Å². The molecule has 0 amide bonds. The molecule has 23 heavy (non-hydrogen) atoms. The summed E-state index contributed by atoms with van der Waals surface area (Å²) < 4.78 is 48.1. The van der Waals surface area contributed by atoms with Gasteiger partial charge in [0.2, 0.25) is 0 Å². The SMILES string of the molecule is Cc1c(CC2CC2)ccc(OCCC2CCC2)c1OC(F)(F)F. The predicted molar refractivity (Wildman–Crippen MR) is 81.7 cm³/mol. The molecule has 0 spiro atoms. The lowest BCUT2D eigenvalue weighted by Crippen LogP contribution is -2.19. The van der Waals surface area contributed by atoms with E-state index in [1.165, 1.54) is 19.3 Å². The van der Waals surface area contributed by atoms with Crippen molar-refractivity contribution in [2.75, 3.05) is 6.61 Å². The van der Waals surface area contributed by atoms with Gasteiger partial charge in [0, 0.05) is 0 Å². The van der Waals surface area contributed by atoms with Gasteiger partial charge in [-0.25, -0.2) is 0 Å². The standard InChI is InChI=1S/C18H23F3O2/c1-12-15(11-14-5-6-14)7-8-16(17(12)23-18(19,20)21)22-10-9-13-3-2-4-13/h7-8,13-14H,2-6,9-11H2,1H3. The zero-order valence-corrected chi connectivity index (χ0v) is 13.4. The average Bonchev–Trinajstić information content (AvgIpc) is 3.22. The van der Waals surface area contributed by atoms with Crippen molar-refractivity contribution in [2.24, 2.45) is 11.8 Å². The van der Waals surface area contributed by atoms with Crippen LogP contribution in [0, 0.1) is 18.8 Å². The van der Waals surface area contributed by atoms with E-state index in [1.54, 1.807) is 13.0 Å². The Hall–Kier alpha value is -1.39. The van der Waals surface area contributed by atoms with Crippen LogP contribution in [-0.2, 0) is 6.42 Å². The summed E-state index contributed by atoms with van der Waals surface area (Å²) >= 11 is 0. The molecule has 1 aromatic rings. The molecule has 0 heterocycles. The predicted octanol–water partition coefficient (Wildman–Crippen LogP) is 5.42. The van der Waals surface area contributed by atoms with E-state index in [0.29, 0.717) is 24.0 Å². The molecule has 0 N–H and O–H groups in total. The third-order valence-electron chi connectivity index (χ3n) is 4.91. The molecule has 0 unspecified atom stereocenters. The third kappa shape index (κ3) is 4.55. The zero-order chi connectivity index (χ0) is 16.4. The second kappa shape index (κ2) is 6.62. The molecule has 2 aliphatic rings. The van der Waals surface area contributed by atoms with Crippen molar-refractivity contribution < 1.29 is 22.6 Å². The summed E-state index contributed by atoms with van der Waals surface area (Å²) in [6, 6.07) is 3.52. The maximum atomic E-state index is 12.7. The van der Waals surface area contributed by atoms with Crippen LogP contribution in [-0.4, -0.2) is 13.0 Å². The van der Waals surface area contributed by atoms with Crippen molar-refractivity contribution >= 4 is 0 Å². The fourth-order valence-corrected chi connectivity index (χ4v) is 3.03. The summed E-state index contributed by atoms with van der Waals surface area (Å²) in [6.45, 7) is 2.14. The topological polar surface area (TPSA) is 18.5 Å². The minimum absolute atomic E-state index is 0.163. The fourth-order valence-electron chi connectivity index (χ4n) is 3.03. The quantitative estimate of drug-likeness (QED) is 0.666. The van der Waals surface area contributed by atoms with Crippen molar-refractivity contribution in [3.05, 3.63) is 23.3 Å². The first-order chi connectivity index (χ1) is 10.9. The number of alkyl halides is 3. The van der Waals surface area contributed by atoms with Gasteiger partial charge < -0.3 is 9.47 Å². The van der Waals surface area contributed by atoms with Gasteiger partial charge in [-0.2, -0.15) is 0 Å². The van der Waals surface area contributed by atoms with Crippen molar-refractivity contribution in [1.29, 1.82) is 0 Å². The van der Waals surface area contributed by atoms with E-state index < -0.39 is 6.36 Å². The van der Waals surface area contributed by atoms with Gasteiger partial charge in [-0.1, -0.05) is 25.3 Å². The molecule has 0 bridgehead atoms. The molecule has 128 valence electrons. The van der Waals surface area contributed by atoms with Crippen molar-refractivity contribution in [2.45, 2.75) is 58.2 Å². The summed E-state index contributed by atoms with van der Waals surface area (Å²) in [5, 5.41) is 0. The van der Waals surface area contributed by atoms with Gasteiger partial charge >= 0.3 is 6.36 Å². The smallest absolute Gasteiger partial charge is 0.490 e. The minimum Gasteiger partial charge on any atom is -0.490 e. The molecule has 2 nitrogen and oxygen atoms in total. The van der Waals surface area contributed by atoms with Crippen LogP contribution in [0.2, 0.25) is 0 Å². The lowest BCUT2D eigenvalue weighted by atomic mass is 9.83. The van der Waals surface area contributed by atoms with Crippen molar-refractivity contribution in [1.82, 2.24) is 0 Å². The molecular formula is C18H23F3O2. The van der Waals surface area contributed by atoms with Crippen LogP contribution in [0.5, 0.6) is 11.5 Å². The molecule has 3 rings (SSSR count). The summed E-state index contributed by atoms with van der Waals surface area (Å²) in [5.41, 5.74) is 1.48. The number of hydrogen-bond donors (Lipinski definition) is 0. The van der Waals surface area contributed by atoms with E-state index in [0.717, 1.165) is 31.2 Å². The van der Waals surface area contributed by atoms with Crippen molar-refractivity contribution in [3.63, 3.8) is 0 Å². The summed E-state index contributed by atoms with van der Waals surface area (Å²) in [6.07, 6.45) is 3.00. The Balaban J connectivity index is 1.73. The van der Waals surface area contributed by atoms with Crippen LogP contribution in [0.4, 0.5) is 13.2 Å². The molecule has 2 aliphatic carbocycles. The van der Waals surface area contributed by atoms with E-state index in [-0.39, 0.29) is 11.5 Å². The molecule has 1 aromatic carbocycles. The second-order valence-corrected chi connectivity index (χ2v) is 6.81. The molecular weight excluding hydrogens is 305 g/mol.